The van der Waals surface area contributed by atoms with Gasteiger partial charge in [0.25, 0.3) is 0 Å². The third kappa shape index (κ3) is 4.33. The van der Waals surface area contributed by atoms with E-state index in [9.17, 15) is 18.0 Å². The number of benzene rings is 1. The smallest absolute Gasteiger partial charge is 0.475 e. The van der Waals surface area contributed by atoms with Crippen molar-refractivity contribution in [2.24, 2.45) is 16.6 Å². The van der Waals surface area contributed by atoms with E-state index >= 15 is 0 Å². The van der Waals surface area contributed by atoms with Crippen molar-refractivity contribution < 1.29 is 27.9 Å². The van der Waals surface area contributed by atoms with Crippen LogP contribution in [-0.4, -0.2) is 46.6 Å². The maximum Gasteiger partial charge on any atom is 0.490 e. The minimum Gasteiger partial charge on any atom is -0.475 e. The molecule has 1 aliphatic carbocycles. The van der Waals surface area contributed by atoms with Crippen LogP contribution in [0.3, 0.4) is 0 Å². The van der Waals surface area contributed by atoms with E-state index in [0.29, 0.717) is 24.2 Å². The topological polar surface area (TPSA) is 96.0 Å². The molecule has 1 aliphatic heterocycles. The predicted molar refractivity (Wildman–Crippen MR) is 88.4 cm³/mol. The molecule has 0 spiro atoms. The second kappa shape index (κ2) is 6.97. The number of nitrogens with zero attached hydrogens (tertiary/aromatic N) is 2. The molecule has 26 heavy (non-hydrogen) atoms. The molecule has 0 saturated heterocycles. The molecule has 6 nitrogen and oxygen atoms in total. The Bertz CT molecular complexity index is 721. The summed E-state index contributed by atoms with van der Waals surface area (Å²) in [6, 6.07) is 10.4. The number of aliphatic carboxylic acids is 1. The summed E-state index contributed by atoms with van der Waals surface area (Å²) in [6.45, 7) is 2.05. The van der Waals surface area contributed by atoms with Gasteiger partial charge in [-0.1, -0.05) is 30.3 Å². The first kappa shape index (κ1) is 19.7. The van der Waals surface area contributed by atoms with Gasteiger partial charge in [0, 0.05) is 7.05 Å². The van der Waals surface area contributed by atoms with Gasteiger partial charge in [0.2, 0.25) is 5.91 Å². The van der Waals surface area contributed by atoms with Crippen LogP contribution >= 0.6 is 0 Å². The van der Waals surface area contributed by atoms with Crippen molar-refractivity contribution in [3.63, 3.8) is 0 Å². The van der Waals surface area contributed by atoms with Crippen molar-refractivity contribution in [2.45, 2.75) is 37.4 Å². The fraction of sp³-hybridized carbons (Fsp3) is 0.471. The lowest BCUT2D eigenvalue weighted by molar-refractivity contribution is -0.192. The number of alkyl halides is 3. The van der Waals surface area contributed by atoms with E-state index in [1.807, 2.05) is 6.07 Å². The van der Waals surface area contributed by atoms with E-state index in [1.165, 1.54) is 10.5 Å². The van der Waals surface area contributed by atoms with Gasteiger partial charge in [0.1, 0.15) is 0 Å². The first-order valence-electron chi connectivity index (χ1n) is 7.92. The SMILES string of the molecule is CN1C(=O)C[C@](C)([C@@H]2C[C@H]2c2ccccc2)N=C1N.O=C(O)C(F)(F)F. The summed E-state index contributed by atoms with van der Waals surface area (Å²) in [5.74, 6) is -1.41. The zero-order valence-electron chi connectivity index (χ0n) is 14.3. The van der Waals surface area contributed by atoms with E-state index in [1.54, 1.807) is 7.05 Å². The average molecular weight is 371 g/mol. The molecule has 0 radical (unpaired) electrons. The van der Waals surface area contributed by atoms with Gasteiger partial charge in [0.15, 0.2) is 5.96 Å². The van der Waals surface area contributed by atoms with Gasteiger partial charge in [-0.3, -0.25) is 9.69 Å². The van der Waals surface area contributed by atoms with Crippen molar-refractivity contribution in [2.75, 3.05) is 7.05 Å². The van der Waals surface area contributed by atoms with Gasteiger partial charge >= 0.3 is 12.1 Å². The summed E-state index contributed by atoms with van der Waals surface area (Å²) >= 11 is 0. The fourth-order valence-electron chi connectivity index (χ4n) is 3.09. The molecule has 0 unspecified atom stereocenters. The quantitative estimate of drug-likeness (QED) is 0.834. The van der Waals surface area contributed by atoms with Crippen LogP contribution in [0.2, 0.25) is 0 Å². The second-order valence-corrected chi connectivity index (χ2v) is 6.62. The number of nitrogens with two attached hydrogens (primary N) is 1. The number of carboxylic acids is 1. The number of hydrogen-bond acceptors (Lipinski definition) is 4. The number of carbonyl (C=O) groups is 2. The molecule has 0 aromatic heterocycles. The van der Waals surface area contributed by atoms with Crippen molar-refractivity contribution in [1.29, 1.82) is 0 Å². The summed E-state index contributed by atoms with van der Waals surface area (Å²) < 4.78 is 31.7. The zero-order valence-corrected chi connectivity index (χ0v) is 14.3. The number of aliphatic imine (C=N–C) groups is 1. The molecule has 1 fully saturated rings. The standard InChI is InChI=1S/C15H19N3O.C2HF3O2/c1-15(9-13(19)18(2)14(16)17-15)12-8-11(12)10-6-4-3-5-7-10;3-2(4,5)1(6)7/h3-7,11-12H,8-9H2,1-2H3,(H2,16,17);(H,6,7)/t11-,12+,15+;/m0./s1. The highest BCUT2D eigenvalue weighted by Crippen LogP contribution is 2.56. The highest BCUT2D eigenvalue weighted by atomic mass is 19.4. The molecule has 1 heterocycles. The zero-order chi connectivity index (χ0) is 19.7. The minimum atomic E-state index is -5.08. The van der Waals surface area contributed by atoms with Crippen LogP contribution in [-0.2, 0) is 9.59 Å². The molecular weight excluding hydrogens is 351 g/mol. The van der Waals surface area contributed by atoms with E-state index in [-0.39, 0.29) is 11.4 Å². The Kier molecular flexibility index (Phi) is 5.29. The van der Waals surface area contributed by atoms with Crippen LogP contribution in [0.5, 0.6) is 0 Å². The van der Waals surface area contributed by atoms with Crippen LogP contribution < -0.4 is 5.73 Å². The molecule has 3 atom stereocenters. The van der Waals surface area contributed by atoms with Crippen LogP contribution in [0.1, 0.15) is 31.2 Å². The van der Waals surface area contributed by atoms with Gasteiger partial charge in [-0.25, -0.2) is 9.79 Å². The first-order valence-corrected chi connectivity index (χ1v) is 7.92. The van der Waals surface area contributed by atoms with Crippen LogP contribution in [0, 0.1) is 5.92 Å². The lowest BCUT2D eigenvalue weighted by atomic mass is 9.88. The maximum atomic E-state index is 12.0. The number of rotatable bonds is 2. The summed E-state index contributed by atoms with van der Waals surface area (Å²) in [6.07, 6.45) is -3.54. The van der Waals surface area contributed by atoms with E-state index in [0.717, 1.165) is 6.42 Å². The third-order valence-corrected chi connectivity index (χ3v) is 4.66. The van der Waals surface area contributed by atoms with Crippen LogP contribution in [0.15, 0.2) is 35.3 Å². The Labute approximate surface area is 148 Å². The molecule has 3 N–H and O–H groups in total. The highest BCUT2D eigenvalue weighted by Gasteiger charge is 2.53. The predicted octanol–water partition coefficient (Wildman–Crippen LogP) is 2.36. The summed E-state index contributed by atoms with van der Waals surface area (Å²) in [5.41, 5.74) is 6.85. The molecular formula is C17H20F3N3O3. The maximum absolute atomic E-state index is 12.0. The minimum absolute atomic E-state index is 0.0636. The first-order chi connectivity index (χ1) is 12.0. The molecule has 1 aromatic rings. The largest absolute Gasteiger partial charge is 0.490 e. The van der Waals surface area contributed by atoms with Gasteiger partial charge in [-0.2, -0.15) is 13.2 Å². The Morgan fingerprint density at radius 2 is 1.88 bits per heavy atom. The van der Waals surface area contributed by atoms with Gasteiger partial charge < -0.3 is 10.8 Å². The summed E-state index contributed by atoms with van der Waals surface area (Å²) in [5, 5.41) is 7.12. The van der Waals surface area contributed by atoms with Crippen molar-refractivity contribution in [1.82, 2.24) is 4.90 Å². The summed E-state index contributed by atoms with van der Waals surface area (Å²) in [4.78, 5) is 26.9. The van der Waals surface area contributed by atoms with E-state index in [2.05, 4.69) is 36.2 Å². The van der Waals surface area contributed by atoms with Gasteiger partial charge in [-0.05, 0) is 30.7 Å². The Hall–Kier alpha value is -2.58. The van der Waals surface area contributed by atoms with Crippen LogP contribution in [0.4, 0.5) is 13.2 Å². The number of carboxylic acid groups (broad SMARTS) is 1. The Balaban J connectivity index is 0.000000298. The van der Waals surface area contributed by atoms with E-state index < -0.39 is 12.1 Å². The van der Waals surface area contributed by atoms with E-state index in [4.69, 9.17) is 15.6 Å². The molecule has 1 amide bonds. The normalized spacial score (nSPS) is 28.0. The molecule has 142 valence electrons. The summed E-state index contributed by atoms with van der Waals surface area (Å²) in [7, 11) is 1.68. The Morgan fingerprint density at radius 1 is 1.35 bits per heavy atom. The Morgan fingerprint density at radius 3 is 2.35 bits per heavy atom. The second-order valence-electron chi connectivity index (χ2n) is 6.62. The molecule has 0 bridgehead atoms. The number of carbonyl (C=O) groups excluding carboxylic acids is 1. The number of guanidine groups is 1. The lowest BCUT2D eigenvalue weighted by Crippen LogP contribution is -2.49. The third-order valence-electron chi connectivity index (χ3n) is 4.66. The van der Waals surface area contributed by atoms with Gasteiger partial charge in [0.05, 0.1) is 12.0 Å². The molecule has 2 aliphatic rings. The molecule has 1 aromatic carbocycles. The number of amides is 1. The average Bonchev–Trinajstić information content (AvgIpc) is 3.34. The lowest BCUT2D eigenvalue weighted by Gasteiger charge is -2.33. The monoisotopic (exact) mass is 371 g/mol. The van der Waals surface area contributed by atoms with Gasteiger partial charge in [-0.15, -0.1) is 0 Å². The fourth-order valence-corrected chi connectivity index (χ4v) is 3.09. The molecule has 1 saturated carbocycles. The van der Waals surface area contributed by atoms with Crippen molar-refractivity contribution >= 4 is 17.8 Å². The van der Waals surface area contributed by atoms with Crippen LogP contribution in [0.25, 0.3) is 0 Å². The highest BCUT2D eigenvalue weighted by molar-refractivity contribution is 5.98. The molecule has 9 heteroatoms. The molecule has 3 rings (SSSR count). The van der Waals surface area contributed by atoms with Crippen molar-refractivity contribution in [3.8, 4) is 0 Å². The number of hydrogen-bond donors (Lipinski definition) is 2. The van der Waals surface area contributed by atoms with Crippen molar-refractivity contribution in [3.05, 3.63) is 35.9 Å². The number of halogens is 3.